The van der Waals surface area contributed by atoms with Gasteiger partial charge < -0.3 is 0 Å². The zero-order valence-corrected chi connectivity index (χ0v) is 12.1. The van der Waals surface area contributed by atoms with E-state index < -0.39 is 39.3 Å². The third-order valence-electron chi connectivity index (χ3n) is 2.48. The second-order valence-corrected chi connectivity index (χ2v) is 6.13. The molecule has 1 aromatic carbocycles. The van der Waals surface area contributed by atoms with Crippen LogP contribution in [0.5, 0.6) is 0 Å². The van der Waals surface area contributed by atoms with Crippen molar-refractivity contribution >= 4 is 15.9 Å². The number of sulfonamides is 1. The lowest BCUT2D eigenvalue weighted by Gasteiger charge is -2.11. The van der Waals surface area contributed by atoms with E-state index in [9.17, 15) is 30.8 Å². The molecule has 0 aliphatic rings. The lowest BCUT2D eigenvalue weighted by molar-refractivity contribution is -0.143. The zero-order valence-electron chi connectivity index (χ0n) is 11.3. The van der Waals surface area contributed by atoms with Crippen molar-refractivity contribution in [3.05, 3.63) is 41.5 Å². The van der Waals surface area contributed by atoms with Crippen LogP contribution in [0.25, 0.3) is 5.69 Å². The number of carbonyl (C=O) groups excluding carboxylic acids is 1. The summed E-state index contributed by atoms with van der Waals surface area (Å²) in [6, 6.07) is 4.02. The fraction of sp³-hybridized carbons (Fsp3) is 0.182. The highest BCUT2D eigenvalue weighted by atomic mass is 32.2. The molecular formula is C11H8F4N4O3S. The Hall–Kier alpha value is -2.50. The van der Waals surface area contributed by atoms with Gasteiger partial charge in [0, 0.05) is 0 Å². The number of hydrogen-bond acceptors (Lipinski definition) is 5. The molecule has 0 unspecified atom stereocenters. The topological polar surface area (TPSA) is 93.9 Å². The fourth-order valence-corrected chi connectivity index (χ4v) is 2.13. The molecule has 124 valence electrons. The molecule has 1 aromatic heterocycles. The summed E-state index contributed by atoms with van der Waals surface area (Å²) in [7, 11) is -4.10. The third-order valence-corrected chi connectivity index (χ3v) is 3.04. The number of rotatable bonds is 3. The van der Waals surface area contributed by atoms with Gasteiger partial charge in [-0.15, -0.1) is 5.10 Å². The molecule has 1 amide bonds. The molecule has 2 aromatic rings. The van der Waals surface area contributed by atoms with E-state index in [1.807, 2.05) is 0 Å². The molecule has 7 nitrogen and oxygen atoms in total. The Morgan fingerprint density at radius 2 is 1.96 bits per heavy atom. The average molecular weight is 352 g/mol. The van der Waals surface area contributed by atoms with Crippen LogP contribution < -0.4 is 4.72 Å². The summed E-state index contributed by atoms with van der Waals surface area (Å²) in [4.78, 5) is 11.7. The minimum absolute atomic E-state index is 0.209. The van der Waals surface area contributed by atoms with Gasteiger partial charge in [0.05, 0.1) is 11.9 Å². The van der Waals surface area contributed by atoms with E-state index in [1.54, 1.807) is 0 Å². The predicted octanol–water partition coefficient (Wildman–Crippen LogP) is 1.11. The van der Waals surface area contributed by atoms with Crippen LogP contribution in [-0.2, 0) is 16.2 Å². The lowest BCUT2D eigenvalue weighted by atomic mass is 10.2. The van der Waals surface area contributed by atoms with Crippen LogP contribution in [0.4, 0.5) is 17.6 Å². The maximum Gasteiger partial charge on any atom is 0.435 e. The van der Waals surface area contributed by atoms with Crippen molar-refractivity contribution in [2.75, 3.05) is 6.26 Å². The first-order chi connectivity index (χ1) is 10.5. The predicted molar refractivity (Wildman–Crippen MR) is 68.6 cm³/mol. The van der Waals surface area contributed by atoms with E-state index in [1.165, 1.54) is 4.72 Å². The van der Waals surface area contributed by atoms with Gasteiger partial charge in [0.25, 0.3) is 5.91 Å². The maximum absolute atomic E-state index is 13.2. The highest BCUT2D eigenvalue weighted by Gasteiger charge is 2.42. The molecule has 0 aliphatic heterocycles. The van der Waals surface area contributed by atoms with Crippen LogP contribution >= 0.6 is 0 Å². The molecule has 1 N–H and O–H groups in total. The first kappa shape index (κ1) is 16.9. The first-order valence-corrected chi connectivity index (χ1v) is 7.69. The smallest absolute Gasteiger partial charge is 0.266 e. The molecule has 0 saturated heterocycles. The van der Waals surface area contributed by atoms with Crippen molar-refractivity contribution in [1.29, 1.82) is 0 Å². The maximum atomic E-state index is 13.2. The average Bonchev–Trinajstić information content (AvgIpc) is 2.81. The van der Waals surface area contributed by atoms with Gasteiger partial charge in [-0.05, 0) is 18.2 Å². The van der Waals surface area contributed by atoms with Crippen LogP contribution in [0, 0.1) is 5.82 Å². The highest BCUT2D eigenvalue weighted by molar-refractivity contribution is 7.89. The molecular weight excluding hydrogens is 344 g/mol. The minimum Gasteiger partial charge on any atom is -0.266 e. The molecule has 0 radical (unpaired) electrons. The summed E-state index contributed by atoms with van der Waals surface area (Å²) in [5.41, 5.74) is -3.19. The van der Waals surface area contributed by atoms with E-state index in [-0.39, 0.29) is 10.4 Å². The Labute approximate surface area is 127 Å². The Bertz CT molecular complexity index is 860. The van der Waals surface area contributed by atoms with Crippen LogP contribution in [0.1, 0.15) is 16.2 Å². The summed E-state index contributed by atoms with van der Waals surface area (Å²) in [5, 5.41) is 6.24. The van der Waals surface area contributed by atoms with E-state index in [0.29, 0.717) is 6.26 Å². The molecule has 0 spiro atoms. The van der Waals surface area contributed by atoms with Crippen LogP contribution in [0.15, 0.2) is 24.3 Å². The van der Waals surface area contributed by atoms with Gasteiger partial charge in [-0.25, -0.2) is 22.2 Å². The van der Waals surface area contributed by atoms with Crippen molar-refractivity contribution in [3.63, 3.8) is 0 Å². The summed E-state index contributed by atoms with van der Waals surface area (Å²) in [5.74, 6) is -2.42. The minimum atomic E-state index is -5.08. The van der Waals surface area contributed by atoms with Crippen molar-refractivity contribution in [1.82, 2.24) is 19.7 Å². The van der Waals surface area contributed by atoms with Gasteiger partial charge >= 0.3 is 6.18 Å². The monoisotopic (exact) mass is 352 g/mol. The van der Waals surface area contributed by atoms with Crippen molar-refractivity contribution < 1.29 is 30.8 Å². The Balaban J connectivity index is 2.61. The Kier molecular flexibility index (Phi) is 4.11. The molecule has 0 bridgehead atoms. The summed E-state index contributed by atoms with van der Waals surface area (Å²) >= 11 is 0. The molecule has 0 atom stereocenters. The van der Waals surface area contributed by atoms with Crippen LogP contribution in [0.2, 0.25) is 0 Å². The molecule has 2 rings (SSSR count). The van der Waals surface area contributed by atoms with Gasteiger partial charge in [0.2, 0.25) is 10.0 Å². The summed E-state index contributed by atoms with van der Waals surface area (Å²) < 4.78 is 76.3. The Morgan fingerprint density at radius 3 is 2.48 bits per heavy atom. The molecule has 12 heteroatoms. The van der Waals surface area contributed by atoms with E-state index in [0.717, 1.165) is 24.3 Å². The number of halogens is 4. The largest absolute Gasteiger partial charge is 0.435 e. The fourth-order valence-electron chi connectivity index (χ4n) is 1.69. The quantitative estimate of drug-likeness (QED) is 0.836. The molecule has 0 aliphatic carbocycles. The van der Waals surface area contributed by atoms with Gasteiger partial charge in [-0.1, -0.05) is 11.3 Å². The number of benzene rings is 1. The molecule has 0 fully saturated rings. The number of amides is 1. The molecule has 1 heterocycles. The van der Waals surface area contributed by atoms with Crippen molar-refractivity contribution in [2.24, 2.45) is 0 Å². The highest BCUT2D eigenvalue weighted by Crippen LogP contribution is 2.32. The number of hydrogen-bond donors (Lipinski definition) is 1. The van der Waals surface area contributed by atoms with Gasteiger partial charge in [-0.2, -0.15) is 13.2 Å². The molecule has 23 heavy (non-hydrogen) atoms. The van der Waals surface area contributed by atoms with Crippen LogP contribution in [-0.4, -0.2) is 35.6 Å². The number of alkyl halides is 3. The van der Waals surface area contributed by atoms with Gasteiger partial charge in [0.1, 0.15) is 5.82 Å². The third kappa shape index (κ3) is 3.83. The van der Waals surface area contributed by atoms with E-state index in [4.69, 9.17) is 0 Å². The van der Waals surface area contributed by atoms with Gasteiger partial charge in [0.15, 0.2) is 11.4 Å². The SMILES string of the molecule is CS(=O)(=O)NC(=O)c1nnn(-c2cccc(F)c2)c1C(F)(F)F. The summed E-state index contributed by atoms with van der Waals surface area (Å²) in [6.45, 7) is 0. The number of nitrogens with zero attached hydrogens (tertiary/aromatic N) is 3. The second-order valence-electron chi connectivity index (χ2n) is 4.38. The van der Waals surface area contributed by atoms with Gasteiger partial charge in [-0.3, -0.25) is 4.79 Å². The Morgan fingerprint density at radius 1 is 1.30 bits per heavy atom. The van der Waals surface area contributed by atoms with Crippen LogP contribution in [0.3, 0.4) is 0 Å². The summed E-state index contributed by atoms with van der Waals surface area (Å²) in [6.07, 6.45) is -4.49. The van der Waals surface area contributed by atoms with E-state index in [2.05, 4.69) is 10.3 Å². The molecule has 0 saturated carbocycles. The standard InChI is InChI=1S/C11H8F4N4O3S/c1-23(21,22)17-10(20)8-9(11(13,14)15)19(18-16-8)7-4-2-3-6(12)5-7/h2-5H,1H3,(H,17,20). The number of aromatic nitrogens is 3. The van der Waals surface area contributed by atoms with Crippen molar-refractivity contribution in [3.8, 4) is 5.69 Å². The van der Waals surface area contributed by atoms with Crippen molar-refractivity contribution in [2.45, 2.75) is 6.18 Å². The first-order valence-electron chi connectivity index (χ1n) is 5.80. The lowest BCUT2D eigenvalue weighted by Crippen LogP contribution is -2.31. The number of carbonyl (C=O) groups is 1. The zero-order chi connectivity index (χ0) is 17.4. The number of nitrogens with one attached hydrogen (secondary N) is 1. The normalized spacial score (nSPS) is 12.2. The van der Waals surface area contributed by atoms with E-state index >= 15 is 0 Å². The second kappa shape index (κ2) is 5.61.